The fraction of sp³-hybridized carbons (Fsp3) is 0.0714. The lowest BCUT2D eigenvalue weighted by Gasteiger charge is -1.96. The number of furan rings is 1. The Kier molecular flexibility index (Phi) is 3.56. The van der Waals surface area contributed by atoms with Gasteiger partial charge >= 0.3 is 0 Å². The molecule has 0 N–H and O–H groups in total. The van der Waals surface area contributed by atoms with Crippen molar-refractivity contribution in [2.75, 3.05) is 0 Å². The number of nitro groups is 1. The van der Waals surface area contributed by atoms with Crippen LogP contribution in [-0.2, 0) is 4.79 Å². The zero-order valence-corrected chi connectivity index (χ0v) is 10.2. The van der Waals surface area contributed by atoms with E-state index in [-0.39, 0.29) is 11.5 Å². The molecule has 0 saturated carbocycles. The fourth-order valence-electron chi connectivity index (χ4n) is 1.57. The Morgan fingerprint density at radius 1 is 1.32 bits per heavy atom. The van der Waals surface area contributed by atoms with Gasteiger partial charge in [-0.25, -0.2) is 0 Å². The van der Waals surface area contributed by atoms with E-state index in [1.165, 1.54) is 25.1 Å². The van der Waals surface area contributed by atoms with Crippen LogP contribution in [0.1, 0.15) is 12.7 Å². The molecular formula is C14H11NO4. The van der Waals surface area contributed by atoms with Crippen LogP contribution >= 0.6 is 0 Å². The van der Waals surface area contributed by atoms with Crippen LogP contribution in [0.5, 0.6) is 0 Å². The van der Waals surface area contributed by atoms with E-state index in [2.05, 4.69) is 0 Å². The van der Waals surface area contributed by atoms with E-state index in [9.17, 15) is 14.9 Å². The van der Waals surface area contributed by atoms with Gasteiger partial charge < -0.3 is 4.42 Å². The summed E-state index contributed by atoms with van der Waals surface area (Å²) in [5.41, 5.74) is 0.631. The third-order valence-electron chi connectivity index (χ3n) is 2.45. The van der Waals surface area contributed by atoms with Crippen LogP contribution in [0.25, 0.3) is 17.4 Å². The minimum Gasteiger partial charge on any atom is -0.457 e. The molecule has 1 aromatic carbocycles. The van der Waals surface area contributed by atoms with Crippen molar-refractivity contribution in [2.45, 2.75) is 6.92 Å². The second kappa shape index (κ2) is 5.30. The SMILES string of the molecule is CC(=O)/C=C/c1ccc(-c2cccc([N+](=O)[O-])c2)o1. The van der Waals surface area contributed by atoms with Gasteiger partial charge in [0.15, 0.2) is 5.78 Å². The summed E-state index contributed by atoms with van der Waals surface area (Å²) in [4.78, 5) is 21.0. The van der Waals surface area contributed by atoms with Gasteiger partial charge in [0.25, 0.3) is 5.69 Å². The highest BCUT2D eigenvalue weighted by Gasteiger charge is 2.09. The lowest BCUT2D eigenvalue weighted by atomic mass is 10.1. The maximum atomic E-state index is 10.8. The first-order valence-corrected chi connectivity index (χ1v) is 5.59. The van der Waals surface area contributed by atoms with Crippen molar-refractivity contribution >= 4 is 17.5 Å². The lowest BCUT2D eigenvalue weighted by molar-refractivity contribution is -0.384. The second-order valence-electron chi connectivity index (χ2n) is 3.95. The van der Waals surface area contributed by atoms with Crippen LogP contribution in [0.2, 0.25) is 0 Å². The van der Waals surface area contributed by atoms with Crippen molar-refractivity contribution in [3.63, 3.8) is 0 Å². The molecule has 0 amide bonds. The van der Waals surface area contributed by atoms with E-state index in [0.29, 0.717) is 17.1 Å². The summed E-state index contributed by atoms with van der Waals surface area (Å²) in [6, 6.07) is 9.60. The summed E-state index contributed by atoms with van der Waals surface area (Å²) in [5, 5.41) is 10.7. The van der Waals surface area contributed by atoms with E-state index in [1.807, 2.05) is 0 Å². The molecule has 2 aromatic rings. The van der Waals surface area contributed by atoms with Crippen molar-refractivity contribution in [1.29, 1.82) is 0 Å². The molecule has 0 atom stereocenters. The summed E-state index contributed by atoms with van der Waals surface area (Å²) in [7, 11) is 0. The molecule has 2 rings (SSSR count). The number of allylic oxidation sites excluding steroid dienone is 1. The van der Waals surface area contributed by atoms with E-state index in [1.54, 1.807) is 30.3 Å². The standard InChI is InChI=1S/C14H11NO4/c1-10(16)5-6-13-7-8-14(19-13)11-3-2-4-12(9-11)15(17)18/h2-9H,1H3/b6-5+. The molecule has 0 fully saturated rings. The highest BCUT2D eigenvalue weighted by atomic mass is 16.6. The highest BCUT2D eigenvalue weighted by molar-refractivity contribution is 5.91. The Balaban J connectivity index is 2.30. The minimum absolute atomic E-state index is 0.00901. The lowest BCUT2D eigenvalue weighted by Crippen LogP contribution is -1.87. The molecule has 96 valence electrons. The summed E-state index contributed by atoms with van der Waals surface area (Å²) in [5.74, 6) is 0.969. The van der Waals surface area contributed by atoms with Crippen molar-refractivity contribution < 1.29 is 14.1 Å². The molecule has 19 heavy (non-hydrogen) atoms. The van der Waals surface area contributed by atoms with Crippen LogP contribution in [-0.4, -0.2) is 10.7 Å². The first kappa shape index (κ1) is 12.8. The van der Waals surface area contributed by atoms with Crippen LogP contribution in [0.4, 0.5) is 5.69 Å². The van der Waals surface area contributed by atoms with Crippen molar-refractivity contribution in [1.82, 2.24) is 0 Å². The van der Waals surface area contributed by atoms with Gasteiger partial charge in [0.2, 0.25) is 0 Å². The minimum atomic E-state index is -0.455. The van der Waals surface area contributed by atoms with Gasteiger partial charge in [0, 0.05) is 17.7 Å². The number of carbonyl (C=O) groups excluding carboxylic acids is 1. The molecule has 0 unspecified atom stereocenters. The summed E-state index contributed by atoms with van der Waals surface area (Å²) in [6.45, 7) is 1.45. The second-order valence-corrected chi connectivity index (χ2v) is 3.95. The smallest absolute Gasteiger partial charge is 0.270 e. The van der Waals surface area contributed by atoms with Crippen LogP contribution in [0.3, 0.4) is 0 Å². The third-order valence-corrected chi connectivity index (χ3v) is 2.45. The molecule has 0 aliphatic carbocycles. The number of hydrogen-bond donors (Lipinski definition) is 0. The Labute approximate surface area is 109 Å². The monoisotopic (exact) mass is 257 g/mol. The number of rotatable bonds is 4. The number of nitro benzene ring substituents is 1. The topological polar surface area (TPSA) is 73.3 Å². The van der Waals surface area contributed by atoms with Crippen LogP contribution in [0.15, 0.2) is 46.9 Å². The number of benzene rings is 1. The molecule has 5 heteroatoms. The first-order valence-electron chi connectivity index (χ1n) is 5.59. The van der Waals surface area contributed by atoms with Gasteiger partial charge in [-0.3, -0.25) is 14.9 Å². The number of non-ortho nitro benzene ring substituents is 1. The molecule has 0 aliphatic rings. The van der Waals surface area contributed by atoms with E-state index >= 15 is 0 Å². The normalized spacial score (nSPS) is 10.8. The van der Waals surface area contributed by atoms with Gasteiger partial charge in [-0.2, -0.15) is 0 Å². The van der Waals surface area contributed by atoms with Gasteiger partial charge in [-0.05, 0) is 31.2 Å². The fourth-order valence-corrected chi connectivity index (χ4v) is 1.57. The van der Waals surface area contributed by atoms with Crippen molar-refractivity contribution in [3.8, 4) is 11.3 Å². The predicted molar refractivity (Wildman–Crippen MR) is 70.5 cm³/mol. The Morgan fingerprint density at radius 2 is 2.11 bits per heavy atom. The third kappa shape index (κ3) is 3.16. The predicted octanol–water partition coefficient (Wildman–Crippen LogP) is 3.46. The highest BCUT2D eigenvalue weighted by Crippen LogP contribution is 2.26. The molecule has 0 saturated heterocycles. The first-order chi connectivity index (χ1) is 9.06. The summed E-state index contributed by atoms with van der Waals surface area (Å²) in [6.07, 6.45) is 2.96. The van der Waals surface area contributed by atoms with Crippen molar-refractivity contribution in [2.24, 2.45) is 0 Å². The maximum absolute atomic E-state index is 10.8. The number of ketones is 1. The molecule has 1 heterocycles. The average Bonchev–Trinajstić information content (AvgIpc) is 2.85. The zero-order chi connectivity index (χ0) is 13.8. The quantitative estimate of drug-likeness (QED) is 0.477. The Morgan fingerprint density at radius 3 is 2.79 bits per heavy atom. The summed E-state index contributed by atoms with van der Waals surface area (Å²) < 4.78 is 5.49. The molecule has 5 nitrogen and oxygen atoms in total. The van der Waals surface area contributed by atoms with Gasteiger partial charge in [-0.15, -0.1) is 0 Å². The number of hydrogen-bond acceptors (Lipinski definition) is 4. The van der Waals surface area contributed by atoms with Gasteiger partial charge in [0.1, 0.15) is 11.5 Å². The Hall–Kier alpha value is -2.69. The van der Waals surface area contributed by atoms with Gasteiger partial charge in [0.05, 0.1) is 4.92 Å². The number of carbonyl (C=O) groups is 1. The molecule has 1 aromatic heterocycles. The Bertz CT molecular complexity index is 655. The largest absolute Gasteiger partial charge is 0.457 e. The molecule has 0 radical (unpaired) electrons. The molecule has 0 bridgehead atoms. The van der Waals surface area contributed by atoms with E-state index in [0.717, 1.165) is 0 Å². The molecule has 0 spiro atoms. The average molecular weight is 257 g/mol. The number of nitrogens with zero attached hydrogens (tertiary/aromatic N) is 1. The van der Waals surface area contributed by atoms with E-state index < -0.39 is 4.92 Å². The zero-order valence-electron chi connectivity index (χ0n) is 10.2. The van der Waals surface area contributed by atoms with Crippen LogP contribution < -0.4 is 0 Å². The molecule has 0 aliphatic heterocycles. The van der Waals surface area contributed by atoms with E-state index in [4.69, 9.17) is 4.42 Å². The summed E-state index contributed by atoms with van der Waals surface area (Å²) >= 11 is 0. The maximum Gasteiger partial charge on any atom is 0.270 e. The van der Waals surface area contributed by atoms with Crippen molar-refractivity contribution in [3.05, 3.63) is 58.3 Å². The van der Waals surface area contributed by atoms with Gasteiger partial charge in [-0.1, -0.05) is 12.1 Å². The molecular weight excluding hydrogens is 246 g/mol. The van der Waals surface area contributed by atoms with Crippen LogP contribution in [0, 0.1) is 10.1 Å².